The van der Waals surface area contributed by atoms with Crippen LogP contribution in [0.4, 0.5) is 5.82 Å². The van der Waals surface area contributed by atoms with Crippen LogP contribution in [-0.4, -0.2) is 24.7 Å². The predicted molar refractivity (Wildman–Crippen MR) is 88.3 cm³/mol. The van der Waals surface area contributed by atoms with Crippen molar-refractivity contribution in [1.29, 1.82) is 5.26 Å². The van der Waals surface area contributed by atoms with Crippen LogP contribution in [0.5, 0.6) is 5.75 Å². The Hall–Kier alpha value is -2.28. The van der Waals surface area contributed by atoms with Crippen molar-refractivity contribution in [2.75, 3.05) is 24.6 Å². The van der Waals surface area contributed by atoms with Crippen molar-refractivity contribution in [2.24, 2.45) is 0 Å². The highest BCUT2D eigenvalue weighted by molar-refractivity contribution is 5.83. The van der Waals surface area contributed by atoms with Crippen LogP contribution >= 0.6 is 0 Å². The summed E-state index contributed by atoms with van der Waals surface area (Å²) in [6.45, 7) is 4.70. The average molecular weight is 295 g/mol. The van der Waals surface area contributed by atoms with E-state index in [9.17, 15) is 0 Å². The molecule has 2 aromatic rings. The van der Waals surface area contributed by atoms with Crippen molar-refractivity contribution in [1.82, 2.24) is 4.98 Å². The Labute approximate surface area is 131 Å². The van der Waals surface area contributed by atoms with Crippen molar-refractivity contribution in [3.8, 4) is 11.8 Å². The zero-order valence-corrected chi connectivity index (χ0v) is 13.0. The van der Waals surface area contributed by atoms with Crippen LogP contribution in [-0.2, 0) is 6.42 Å². The van der Waals surface area contributed by atoms with Crippen molar-refractivity contribution in [3.63, 3.8) is 0 Å². The Balaban J connectivity index is 2.04. The lowest BCUT2D eigenvalue weighted by Crippen LogP contribution is -2.31. The zero-order chi connectivity index (χ0) is 15.4. The molecule has 0 saturated carbocycles. The van der Waals surface area contributed by atoms with Crippen LogP contribution in [0.1, 0.15) is 31.7 Å². The maximum absolute atomic E-state index is 9.13. The Bertz CT molecular complexity index is 699. The lowest BCUT2D eigenvalue weighted by atomic mass is 10.1. The van der Waals surface area contributed by atoms with Crippen LogP contribution in [0.3, 0.4) is 0 Å². The number of pyridine rings is 1. The van der Waals surface area contributed by atoms with E-state index in [1.807, 2.05) is 25.1 Å². The topological polar surface area (TPSA) is 49.1 Å². The number of aromatic nitrogens is 1. The maximum Gasteiger partial charge on any atom is 0.133 e. The second-order valence-corrected chi connectivity index (χ2v) is 5.64. The van der Waals surface area contributed by atoms with Gasteiger partial charge >= 0.3 is 0 Å². The van der Waals surface area contributed by atoms with Crippen molar-refractivity contribution in [3.05, 3.63) is 29.8 Å². The van der Waals surface area contributed by atoms with E-state index in [0.29, 0.717) is 13.0 Å². The van der Waals surface area contributed by atoms with Gasteiger partial charge in [0, 0.05) is 24.0 Å². The van der Waals surface area contributed by atoms with Gasteiger partial charge in [-0.2, -0.15) is 5.26 Å². The third-order valence-electron chi connectivity index (χ3n) is 4.08. The van der Waals surface area contributed by atoms with Gasteiger partial charge in [0.05, 0.1) is 24.6 Å². The van der Waals surface area contributed by atoms with Gasteiger partial charge in [0.2, 0.25) is 0 Å². The number of piperidine rings is 1. The van der Waals surface area contributed by atoms with Crippen LogP contribution in [0.15, 0.2) is 24.3 Å². The lowest BCUT2D eigenvalue weighted by molar-refractivity contribution is 0.340. The molecule has 0 aliphatic carbocycles. The summed E-state index contributed by atoms with van der Waals surface area (Å²) in [4.78, 5) is 7.16. The van der Waals surface area contributed by atoms with Crippen LogP contribution in [0.2, 0.25) is 0 Å². The Morgan fingerprint density at radius 2 is 2.05 bits per heavy atom. The molecule has 0 atom stereocenters. The van der Waals surface area contributed by atoms with Gasteiger partial charge in [0.1, 0.15) is 11.6 Å². The molecule has 1 fully saturated rings. The molecule has 0 bridgehead atoms. The highest BCUT2D eigenvalue weighted by Crippen LogP contribution is 2.28. The number of fused-ring (bicyclic) bond motifs is 1. The zero-order valence-electron chi connectivity index (χ0n) is 13.0. The molecule has 0 unspecified atom stereocenters. The summed E-state index contributed by atoms with van der Waals surface area (Å²) in [6.07, 6.45) is 4.09. The largest absolute Gasteiger partial charge is 0.494 e. The molecule has 1 aromatic carbocycles. The number of nitrogens with zero attached hydrogens (tertiary/aromatic N) is 3. The minimum absolute atomic E-state index is 0.396. The number of ether oxygens (including phenoxy) is 1. The van der Waals surface area contributed by atoms with E-state index in [0.717, 1.165) is 41.1 Å². The molecule has 2 heterocycles. The Morgan fingerprint density at radius 3 is 2.77 bits per heavy atom. The van der Waals surface area contributed by atoms with Crippen LogP contribution in [0.25, 0.3) is 10.9 Å². The molecule has 1 saturated heterocycles. The van der Waals surface area contributed by atoms with Crippen molar-refractivity contribution < 1.29 is 4.74 Å². The minimum Gasteiger partial charge on any atom is -0.494 e. The molecule has 4 nitrogen and oxygen atoms in total. The molecule has 0 amide bonds. The first-order valence-corrected chi connectivity index (χ1v) is 8.00. The SMILES string of the molecule is CCOc1ccc2nc(N3CCCCC3)c(CC#N)cc2c1. The lowest BCUT2D eigenvalue weighted by Gasteiger charge is -2.29. The molecule has 3 rings (SSSR count). The number of rotatable bonds is 4. The third-order valence-corrected chi connectivity index (χ3v) is 4.08. The molecule has 114 valence electrons. The van der Waals surface area contributed by atoms with Gasteiger partial charge in [-0.25, -0.2) is 4.98 Å². The summed E-state index contributed by atoms with van der Waals surface area (Å²) in [5.74, 6) is 1.84. The van der Waals surface area contributed by atoms with Gasteiger partial charge in [0.25, 0.3) is 0 Å². The second kappa shape index (κ2) is 6.65. The number of anilines is 1. The molecular weight excluding hydrogens is 274 g/mol. The quantitative estimate of drug-likeness (QED) is 0.863. The van der Waals surface area contributed by atoms with Crippen LogP contribution in [0, 0.1) is 11.3 Å². The fraction of sp³-hybridized carbons (Fsp3) is 0.444. The first-order chi connectivity index (χ1) is 10.8. The number of benzene rings is 1. The van der Waals surface area contributed by atoms with Gasteiger partial charge < -0.3 is 9.64 Å². The Kier molecular flexibility index (Phi) is 4.43. The van der Waals surface area contributed by atoms with E-state index in [2.05, 4.69) is 17.0 Å². The summed E-state index contributed by atoms with van der Waals surface area (Å²) in [5.41, 5.74) is 1.98. The Morgan fingerprint density at radius 1 is 1.23 bits per heavy atom. The molecule has 0 radical (unpaired) electrons. The highest BCUT2D eigenvalue weighted by Gasteiger charge is 2.17. The predicted octanol–water partition coefficient (Wildman–Crippen LogP) is 3.69. The third kappa shape index (κ3) is 2.99. The van der Waals surface area contributed by atoms with Crippen LogP contribution < -0.4 is 9.64 Å². The molecule has 1 aromatic heterocycles. The normalized spacial score (nSPS) is 14.8. The summed E-state index contributed by atoms with van der Waals surface area (Å²) >= 11 is 0. The van der Waals surface area contributed by atoms with E-state index in [4.69, 9.17) is 15.0 Å². The van der Waals surface area contributed by atoms with Gasteiger partial charge in [-0.05, 0) is 50.5 Å². The fourth-order valence-corrected chi connectivity index (χ4v) is 3.04. The monoisotopic (exact) mass is 295 g/mol. The number of nitriles is 1. The minimum atomic E-state index is 0.396. The first kappa shape index (κ1) is 14.6. The number of hydrogen-bond acceptors (Lipinski definition) is 4. The highest BCUT2D eigenvalue weighted by atomic mass is 16.5. The molecule has 22 heavy (non-hydrogen) atoms. The maximum atomic E-state index is 9.13. The van der Waals surface area contributed by atoms with E-state index in [1.54, 1.807) is 0 Å². The molecule has 1 aliphatic heterocycles. The summed E-state index contributed by atoms with van der Waals surface area (Å²) in [5, 5.41) is 10.2. The molecule has 0 spiro atoms. The number of hydrogen-bond donors (Lipinski definition) is 0. The van der Waals surface area contributed by atoms with E-state index >= 15 is 0 Å². The van der Waals surface area contributed by atoms with Crippen molar-refractivity contribution in [2.45, 2.75) is 32.6 Å². The second-order valence-electron chi connectivity index (χ2n) is 5.64. The summed E-state index contributed by atoms with van der Waals surface area (Å²) < 4.78 is 5.56. The van der Waals surface area contributed by atoms with Gasteiger partial charge in [-0.1, -0.05) is 0 Å². The smallest absolute Gasteiger partial charge is 0.133 e. The molecule has 1 aliphatic rings. The standard InChI is InChI=1S/C18H21N3O/c1-2-22-16-6-7-17-15(13-16)12-14(8-9-19)18(20-17)21-10-4-3-5-11-21/h6-7,12-13H,2-5,8,10-11H2,1H3. The average Bonchev–Trinajstić information content (AvgIpc) is 2.55. The summed E-state index contributed by atoms with van der Waals surface area (Å²) in [6, 6.07) is 10.3. The molecule has 4 heteroatoms. The molecule has 0 N–H and O–H groups in total. The van der Waals surface area contributed by atoms with Gasteiger partial charge in [-0.3, -0.25) is 0 Å². The van der Waals surface area contributed by atoms with E-state index in [-0.39, 0.29) is 0 Å². The van der Waals surface area contributed by atoms with E-state index in [1.165, 1.54) is 19.3 Å². The van der Waals surface area contributed by atoms with Gasteiger partial charge in [-0.15, -0.1) is 0 Å². The molecular formula is C18H21N3O. The van der Waals surface area contributed by atoms with Gasteiger partial charge in [0.15, 0.2) is 0 Å². The van der Waals surface area contributed by atoms with E-state index < -0.39 is 0 Å². The summed E-state index contributed by atoms with van der Waals surface area (Å²) in [7, 11) is 0. The fourth-order valence-electron chi connectivity index (χ4n) is 3.04. The van der Waals surface area contributed by atoms with Crippen molar-refractivity contribution >= 4 is 16.7 Å². The first-order valence-electron chi connectivity index (χ1n) is 8.00.